The van der Waals surface area contributed by atoms with Crippen molar-refractivity contribution in [3.8, 4) is 0 Å². The summed E-state index contributed by atoms with van der Waals surface area (Å²) in [5.41, 5.74) is 3.08. The van der Waals surface area contributed by atoms with Crippen LogP contribution in [-0.4, -0.2) is 39.0 Å². The van der Waals surface area contributed by atoms with Gasteiger partial charge >= 0.3 is 0 Å². The maximum atomic E-state index is 4.54. The molecule has 0 fully saturated rings. The lowest BCUT2D eigenvalue weighted by atomic mass is 10.5. The minimum Gasteiger partial charge on any atom is -0.308 e. The van der Waals surface area contributed by atoms with Gasteiger partial charge in [0.25, 0.3) is 0 Å². The number of nitrogens with zero attached hydrogens (tertiary/aromatic N) is 8. The molecule has 4 aromatic heterocycles. The van der Waals surface area contributed by atoms with Crippen molar-refractivity contribution >= 4 is 34.2 Å². The van der Waals surface area contributed by atoms with Crippen molar-refractivity contribution in [1.82, 2.24) is 39.0 Å². The van der Waals surface area contributed by atoms with Crippen LogP contribution in [0.2, 0.25) is 0 Å². The van der Waals surface area contributed by atoms with Gasteiger partial charge in [-0.1, -0.05) is 0 Å². The zero-order valence-corrected chi connectivity index (χ0v) is 12.8. The Labute approximate surface area is 131 Å². The zero-order valence-electron chi connectivity index (χ0n) is 12.8. The second kappa shape index (κ2) is 5.27. The minimum atomic E-state index is 0.656. The molecule has 23 heavy (non-hydrogen) atoms. The van der Waals surface area contributed by atoms with E-state index in [1.165, 1.54) is 12.7 Å². The minimum absolute atomic E-state index is 0.656. The maximum absolute atomic E-state index is 4.54. The van der Waals surface area contributed by atoms with Crippen molar-refractivity contribution < 1.29 is 0 Å². The smallest absolute Gasteiger partial charge is 0.212 e. The van der Waals surface area contributed by atoms with Crippen molar-refractivity contribution in [2.45, 2.75) is 26.9 Å². The van der Waals surface area contributed by atoms with E-state index in [9.17, 15) is 0 Å². The molecule has 9 heteroatoms. The Morgan fingerprint density at radius 3 is 1.74 bits per heavy atom. The first-order valence-corrected chi connectivity index (χ1v) is 7.41. The second-order valence-electron chi connectivity index (χ2n) is 4.95. The number of nitrogens with one attached hydrogen (secondary N) is 1. The quantitative estimate of drug-likeness (QED) is 0.613. The Bertz CT molecular complexity index is 904. The third-order valence-corrected chi connectivity index (χ3v) is 3.72. The Morgan fingerprint density at radius 2 is 1.30 bits per heavy atom. The Balaban J connectivity index is 1.85. The molecule has 0 radical (unpaired) electrons. The van der Waals surface area contributed by atoms with Gasteiger partial charge in [-0.3, -0.25) is 5.32 Å². The van der Waals surface area contributed by atoms with Gasteiger partial charge in [-0.25, -0.2) is 19.9 Å². The highest BCUT2D eigenvalue weighted by Gasteiger charge is 2.15. The molecule has 0 unspecified atom stereocenters. The highest BCUT2D eigenvalue weighted by Crippen LogP contribution is 2.23. The van der Waals surface area contributed by atoms with Crippen molar-refractivity contribution in [3.63, 3.8) is 0 Å². The molecule has 0 aromatic carbocycles. The summed E-state index contributed by atoms with van der Waals surface area (Å²) in [6, 6.07) is 0. The molecule has 4 heterocycles. The van der Waals surface area contributed by atoms with Crippen molar-refractivity contribution in [2.75, 3.05) is 5.32 Å². The fourth-order valence-corrected chi connectivity index (χ4v) is 2.67. The van der Waals surface area contributed by atoms with Gasteiger partial charge in [-0.15, -0.1) is 0 Å². The second-order valence-corrected chi connectivity index (χ2v) is 4.95. The van der Waals surface area contributed by atoms with Crippen LogP contribution in [0.25, 0.3) is 22.3 Å². The molecular weight excluding hydrogens is 294 g/mol. The van der Waals surface area contributed by atoms with Crippen LogP contribution < -0.4 is 5.32 Å². The summed E-state index contributed by atoms with van der Waals surface area (Å²) in [6.07, 6.45) is 6.52. The number of aryl methyl sites for hydroxylation is 2. The molecule has 4 aromatic rings. The molecule has 0 spiro atoms. The van der Waals surface area contributed by atoms with Crippen LogP contribution >= 0.6 is 0 Å². The number of hydrogen-bond donors (Lipinski definition) is 1. The summed E-state index contributed by atoms with van der Waals surface area (Å²) < 4.78 is 4.03. The van der Waals surface area contributed by atoms with Gasteiger partial charge in [0.2, 0.25) is 11.9 Å². The summed E-state index contributed by atoms with van der Waals surface area (Å²) in [7, 11) is 0. The molecule has 0 aliphatic carbocycles. The first-order chi connectivity index (χ1) is 11.3. The summed E-state index contributed by atoms with van der Waals surface area (Å²) in [5, 5.41) is 3.29. The molecule has 0 atom stereocenters. The standard InChI is InChI=1S/C14H15N9/c1-3-22-9-5-15-7-17-11(9)19-13(22)21-14-20-12-10(23(14)4-2)6-16-8-18-12/h5-8H,3-4H2,1-2H3,(H,15,16,17,18,19,20,21). The summed E-state index contributed by atoms with van der Waals surface area (Å²) in [6.45, 7) is 5.60. The molecule has 1 N–H and O–H groups in total. The van der Waals surface area contributed by atoms with E-state index >= 15 is 0 Å². The van der Waals surface area contributed by atoms with Gasteiger partial charge in [0.1, 0.15) is 23.7 Å². The number of fused-ring (bicyclic) bond motifs is 2. The van der Waals surface area contributed by atoms with Crippen molar-refractivity contribution in [3.05, 3.63) is 25.0 Å². The average molecular weight is 309 g/mol. The zero-order chi connectivity index (χ0) is 15.8. The van der Waals surface area contributed by atoms with E-state index < -0.39 is 0 Å². The normalized spacial score (nSPS) is 11.4. The summed E-state index contributed by atoms with van der Waals surface area (Å²) in [4.78, 5) is 25.6. The van der Waals surface area contributed by atoms with Gasteiger partial charge in [-0.05, 0) is 13.8 Å². The Kier molecular flexibility index (Phi) is 3.11. The molecule has 0 saturated heterocycles. The molecule has 4 rings (SSSR count). The highest BCUT2D eigenvalue weighted by atomic mass is 15.3. The van der Waals surface area contributed by atoms with Crippen LogP contribution in [0.3, 0.4) is 0 Å². The average Bonchev–Trinajstić information content (AvgIpc) is 3.11. The maximum Gasteiger partial charge on any atom is 0.212 e. The van der Waals surface area contributed by atoms with E-state index in [2.05, 4.69) is 35.2 Å². The van der Waals surface area contributed by atoms with Crippen LogP contribution in [0.1, 0.15) is 13.8 Å². The van der Waals surface area contributed by atoms with Crippen LogP contribution in [-0.2, 0) is 13.1 Å². The summed E-state index contributed by atoms with van der Waals surface area (Å²) >= 11 is 0. The van der Waals surface area contributed by atoms with Gasteiger partial charge in [0.05, 0.1) is 12.4 Å². The third-order valence-electron chi connectivity index (χ3n) is 3.72. The fraction of sp³-hybridized carbons (Fsp3) is 0.286. The SMILES string of the molecule is CCn1c(Nc2nc3ncncc3n2CC)nc2ncncc21. The Hall–Kier alpha value is -3.10. The Morgan fingerprint density at radius 1 is 0.826 bits per heavy atom. The van der Waals surface area contributed by atoms with E-state index in [1.54, 1.807) is 12.4 Å². The number of hydrogen-bond acceptors (Lipinski definition) is 7. The predicted molar refractivity (Wildman–Crippen MR) is 85.3 cm³/mol. The molecule has 0 aliphatic rings. The van der Waals surface area contributed by atoms with E-state index in [4.69, 9.17) is 0 Å². The lowest BCUT2D eigenvalue weighted by molar-refractivity contribution is 0.773. The first-order valence-electron chi connectivity index (χ1n) is 7.41. The molecule has 0 amide bonds. The van der Waals surface area contributed by atoms with Gasteiger partial charge in [-0.2, -0.15) is 9.97 Å². The van der Waals surface area contributed by atoms with E-state index in [1.807, 2.05) is 23.0 Å². The third kappa shape index (κ3) is 2.08. The molecule has 0 saturated carbocycles. The van der Waals surface area contributed by atoms with Gasteiger partial charge < -0.3 is 9.13 Å². The largest absolute Gasteiger partial charge is 0.308 e. The van der Waals surface area contributed by atoms with Crippen LogP contribution in [0.15, 0.2) is 25.0 Å². The van der Waals surface area contributed by atoms with Gasteiger partial charge in [0, 0.05) is 13.1 Å². The molecule has 0 aliphatic heterocycles. The number of rotatable bonds is 4. The first kappa shape index (κ1) is 13.6. The van der Waals surface area contributed by atoms with Crippen molar-refractivity contribution in [2.24, 2.45) is 0 Å². The van der Waals surface area contributed by atoms with Crippen LogP contribution in [0.5, 0.6) is 0 Å². The van der Waals surface area contributed by atoms with Crippen molar-refractivity contribution in [1.29, 1.82) is 0 Å². The summed E-state index contributed by atoms with van der Waals surface area (Å²) in [5.74, 6) is 1.36. The highest BCUT2D eigenvalue weighted by molar-refractivity contribution is 5.77. The number of imidazole rings is 2. The molecule has 116 valence electrons. The number of aromatic nitrogens is 8. The molecular formula is C14H15N9. The predicted octanol–water partition coefficient (Wildman–Crippen LogP) is 1.75. The van der Waals surface area contributed by atoms with E-state index in [-0.39, 0.29) is 0 Å². The topological polar surface area (TPSA) is 99.2 Å². The molecule has 9 nitrogen and oxygen atoms in total. The van der Waals surface area contributed by atoms with Crippen LogP contribution in [0.4, 0.5) is 11.9 Å². The fourth-order valence-electron chi connectivity index (χ4n) is 2.67. The monoisotopic (exact) mass is 309 g/mol. The lowest BCUT2D eigenvalue weighted by Gasteiger charge is -2.09. The van der Waals surface area contributed by atoms with Gasteiger partial charge in [0.15, 0.2) is 11.3 Å². The van der Waals surface area contributed by atoms with Crippen LogP contribution in [0, 0.1) is 0 Å². The van der Waals surface area contributed by atoms with E-state index in [0.717, 1.165) is 24.1 Å². The lowest BCUT2D eigenvalue weighted by Crippen LogP contribution is -2.07. The molecule has 0 bridgehead atoms. The van der Waals surface area contributed by atoms with E-state index in [0.29, 0.717) is 23.2 Å². The number of anilines is 2.